The van der Waals surface area contributed by atoms with Crippen LogP contribution in [-0.4, -0.2) is 28.7 Å². The number of rotatable bonds is 5. The summed E-state index contributed by atoms with van der Waals surface area (Å²) < 4.78 is 5.29. The van der Waals surface area contributed by atoms with Crippen LogP contribution in [0.4, 0.5) is 5.69 Å². The Bertz CT molecular complexity index is 1090. The topological polar surface area (TPSA) is 85.0 Å². The number of hydrogen-bond acceptors (Lipinski definition) is 6. The number of benzene rings is 2. The fourth-order valence-electron chi connectivity index (χ4n) is 3.29. The van der Waals surface area contributed by atoms with Gasteiger partial charge in [0, 0.05) is 24.1 Å². The summed E-state index contributed by atoms with van der Waals surface area (Å²) in [5.41, 5.74) is 2.23. The van der Waals surface area contributed by atoms with Crippen LogP contribution in [0.5, 0.6) is 5.75 Å². The van der Waals surface area contributed by atoms with Crippen molar-refractivity contribution in [2.75, 3.05) is 7.11 Å². The van der Waals surface area contributed by atoms with Gasteiger partial charge in [0.15, 0.2) is 0 Å². The van der Waals surface area contributed by atoms with Crippen LogP contribution < -0.4 is 4.74 Å². The maximum Gasteiger partial charge on any atom is 0.284 e. The Morgan fingerprint density at radius 2 is 2.03 bits per heavy atom. The lowest BCUT2D eigenvalue weighted by Gasteiger charge is -2.21. The third-order valence-corrected chi connectivity index (χ3v) is 5.58. The second-order valence-corrected chi connectivity index (χ2v) is 7.43. The van der Waals surface area contributed by atoms with Gasteiger partial charge in [-0.15, -0.1) is 11.3 Å². The van der Waals surface area contributed by atoms with Crippen molar-refractivity contribution in [1.29, 1.82) is 0 Å². The van der Waals surface area contributed by atoms with E-state index in [9.17, 15) is 14.9 Å². The van der Waals surface area contributed by atoms with Crippen LogP contribution in [0.25, 0.3) is 0 Å². The molecule has 0 bridgehead atoms. The van der Waals surface area contributed by atoms with Crippen LogP contribution >= 0.6 is 11.3 Å². The summed E-state index contributed by atoms with van der Waals surface area (Å²) in [5.74, 6) is 0.467. The number of nitro groups is 1. The summed E-state index contributed by atoms with van der Waals surface area (Å²) in [6.45, 7) is 0. The van der Waals surface area contributed by atoms with Crippen molar-refractivity contribution in [1.82, 2.24) is 5.01 Å². The van der Waals surface area contributed by atoms with Crippen molar-refractivity contribution in [3.63, 3.8) is 0 Å². The molecular weight excluding hydrogens is 390 g/mol. The highest BCUT2D eigenvalue weighted by atomic mass is 32.1. The SMILES string of the molecule is COc1cccc(C2=NN(C(=O)c3cccs3)[C@H](c3cccc([N+](=O)[O-])c3)C2)c1. The van der Waals surface area contributed by atoms with Gasteiger partial charge in [-0.2, -0.15) is 5.10 Å². The lowest BCUT2D eigenvalue weighted by molar-refractivity contribution is -0.384. The van der Waals surface area contributed by atoms with E-state index in [1.807, 2.05) is 35.7 Å². The molecule has 1 atom stereocenters. The fourth-order valence-corrected chi connectivity index (χ4v) is 3.95. The third kappa shape index (κ3) is 3.74. The second kappa shape index (κ2) is 7.84. The van der Waals surface area contributed by atoms with Crippen molar-refractivity contribution in [2.45, 2.75) is 12.5 Å². The number of hydrogen-bond donors (Lipinski definition) is 0. The molecule has 0 spiro atoms. The van der Waals surface area contributed by atoms with Crippen LogP contribution in [0.1, 0.15) is 33.3 Å². The summed E-state index contributed by atoms with van der Waals surface area (Å²) in [6.07, 6.45) is 0.450. The Labute approximate surface area is 171 Å². The monoisotopic (exact) mass is 407 g/mol. The van der Waals surface area contributed by atoms with E-state index >= 15 is 0 Å². The summed E-state index contributed by atoms with van der Waals surface area (Å²) in [5, 5.41) is 19.1. The molecular formula is C21H17N3O4S. The maximum atomic E-state index is 13.1. The zero-order chi connectivity index (χ0) is 20.4. The predicted molar refractivity (Wildman–Crippen MR) is 110 cm³/mol. The van der Waals surface area contributed by atoms with E-state index in [0.29, 0.717) is 22.6 Å². The van der Waals surface area contributed by atoms with Crippen molar-refractivity contribution >= 4 is 28.6 Å². The molecule has 0 saturated carbocycles. The van der Waals surface area contributed by atoms with Crippen molar-refractivity contribution in [2.24, 2.45) is 5.10 Å². The summed E-state index contributed by atoms with van der Waals surface area (Å²) in [4.78, 5) is 24.4. The molecule has 0 radical (unpaired) electrons. The van der Waals surface area contributed by atoms with E-state index in [1.165, 1.54) is 28.5 Å². The molecule has 0 fully saturated rings. The highest BCUT2D eigenvalue weighted by Gasteiger charge is 2.34. The lowest BCUT2D eigenvalue weighted by atomic mass is 9.98. The zero-order valence-corrected chi connectivity index (χ0v) is 16.3. The van der Waals surface area contributed by atoms with Gasteiger partial charge in [-0.1, -0.05) is 30.3 Å². The van der Waals surface area contributed by atoms with Gasteiger partial charge in [0.2, 0.25) is 0 Å². The maximum absolute atomic E-state index is 13.1. The molecule has 7 nitrogen and oxygen atoms in total. The van der Waals surface area contributed by atoms with Gasteiger partial charge >= 0.3 is 0 Å². The number of amides is 1. The Balaban J connectivity index is 1.75. The molecule has 0 aliphatic carbocycles. The lowest BCUT2D eigenvalue weighted by Crippen LogP contribution is -2.26. The Morgan fingerprint density at radius 3 is 2.76 bits per heavy atom. The van der Waals surface area contributed by atoms with Gasteiger partial charge in [0.05, 0.1) is 28.7 Å². The van der Waals surface area contributed by atoms with Crippen LogP contribution in [0.2, 0.25) is 0 Å². The highest BCUT2D eigenvalue weighted by Crippen LogP contribution is 2.36. The first-order valence-corrected chi connectivity index (χ1v) is 9.78. The molecule has 1 aliphatic heterocycles. The van der Waals surface area contributed by atoms with Gasteiger partial charge in [0.1, 0.15) is 5.75 Å². The van der Waals surface area contributed by atoms with Crippen LogP contribution in [0.15, 0.2) is 71.1 Å². The van der Waals surface area contributed by atoms with E-state index in [-0.39, 0.29) is 11.6 Å². The molecule has 0 saturated heterocycles. The van der Waals surface area contributed by atoms with Crippen LogP contribution in [0, 0.1) is 10.1 Å². The first-order valence-electron chi connectivity index (χ1n) is 8.90. The van der Waals surface area contributed by atoms with Gasteiger partial charge in [-0.3, -0.25) is 14.9 Å². The Kier molecular flexibility index (Phi) is 5.09. The van der Waals surface area contributed by atoms with E-state index in [4.69, 9.17) is 4.74 Å². The summed E-state index contributed by atoms with van der Waals surface area (Å²) in [6, 6.07) is 17.0. The Hall–Kier alpha value is -3.52. The minimum absolute atomic E-state index is 0.0131. The normalized spacial score (nSPS) is 15.8. The number of hydrazone groups is 1. The number of carbonyl (C=O) groups excluding carboxylic acids is 1. The second-order valence-electron chi connectivity index (χ2n) is 6.48. The number of methoxy groups -OCH3 is 1. The molecule has 4 rings (SSSR count). The number of carbonyl (C=O) groups is 1. The molecule has 146 valence electrons. The molecule has 1 aromatic heterocycles. The molecule has 0 N–H and O–H groups in total. The largest absolute Gasteiger partial charge is 0.497 e. The summed E-state index contributed by atoms with van der Waals surface area (Å²) >= 11 is 1.34. The minimum atomic E-state index is -0.437. The van der Waals surface area contributed by atoms with E-state index in [2.05, 4.69) is 5.10 Å². The van der Waals surface area contributed by atoms with Gasteiger partial charge in [-0.05, 0) is 29.1 Å². The number of non-ortho nitro benzene ring substituents is 1. The highest BCUT2D eigenvalue weighted by molar-refractivity contribution is 7.12. The molecule has 1 aliphatic rings. The van der Waals surface area contributed by atoms with Gasteiger partial charge < -0.3 is 4.74 Å². The third-order valence-electron chi connectivity index (χ3n) is 4.72. The molecule has 1 amide bonds. The van der Waals surface area contributed by atoms with Crippen LogP contribution in [-0.2, 0) is 0 Å². The first kappa shape index (κ1) is 18.8. The number of ether oxygens (including phenoxy) is 1. The minimum Gasteiger partial charge on any atom is -0.497 e. The number of thiophene rings is 1. The van der Waals surface area contributed by atoms with Gasteiger partial charge in [0.25, 0.3) is 11.6 Å². The smallest absolute Gasteiger partial charge is 0.284 e. The standard InChI is InChI=1S/C21H17N3O4S/c1-28-17-8-3-5-14(12-17)18-13-19(15-6-2-7-16(11-15)24(26)27)23(22-18)21(25)20-9-4-10-29-20/h2-12,19H,13H2,1H3/t19-/m0/s1. The molecule has 2 heterocycles. The molecule has 0 unspecified atom stereocenters. The molecule has 8 heteroatoms. The number of nitrogens with zero attached hydrogens (tertiary/aromatic N) is 3. The summed E-state index contributed by atoms with van der Waals surface area (Å²) in [7, 11) is 1.59. The molecule has 29 heavy (non-hydrogen) atoms. The Morgan fingerprint density at radius 1 is 1.21 bits per heavy atom. The van der Waals surface area contributed by atoms with Crippen LogP contribution in [0.3, 0.4) is 0 Å². The van der Waals surface area contributed by atoms with E-state index in [0.717, 1.165) is 11.3 Å². The predicted octanol–water partition coefficient (Wildman–Crippen LogP) is 4.66. The molecule has 3 aromatic rings. The average molecular weight is 407 g/mol. The first-order chi connectivity index (χ1) is 14.1. The zero-order valence-electron chi connectivity index (χ0n) is 15.5. The van der Waals surface area contributed by atoms with E-state index in [1.54, 1.807) is 25.3 Å². The number of nitro benzene ring substituents is 1. The quantitative estimate of drug-likeness (QED) is 0.455. The van der Waals surface area contributed by atoms with Gasteiger partial charge in [-0.25, -0.2) is 5.01 Å². The average Bonchev–Trinajstić information content (AvgIpc) is 3.44. The van der Waals surface area contributed by atoms with Crippen molar-refractivity contribution in [3.8, 4) is 5.75 Å². The van der Waals surface area contributed by atoms with Crippen molar-refractivity contribution < 1.29 is 14.5 Å². The van der Waals surface area contributed by atoms with E-state index < -0.39 is 11.0 Å². The molecule has 2 aromatic carbocycles. The van der Waals surface area contributed by atoms with Crippen molar-refractivity contribution in [3.05, 3.63) is 92.2 Å². The fraction of sp³-hybridized carbons (Fsp3) is 0.143.